The highest BCUT2D eigenvalue weighted by Crippen LogP contribution is 2.40. The van der Waals surface area contributed by atoms with E-state index >= 15 is 0 Å². The van der Waals surface area contributed by atoms with Crippen LogP contribution < -0.4 is 15.5 Å². The second kappa shape index (κ2) is 11.4. The van der Waals surface area contributed by atoms with Crippen LogP contribution in [0.3, 0.4) is 0 Å². The summed E-state index contributed by atoms with van der Waals surface area (Å²) in [7, 11) is 1.53. The Hall–Kier alpha value is -0.380. The van der Waals surface area contributed by atoms with Crippen LogP contribution in [0.5, 0.6) is 0 Å². The topological polar surface area (TPSA) is 169 Å². The maximum Gasteiger partial charge on any atom is 0.254 e. The van der Waals surface area contributed by atoms with E-state index in [9.17, 15) is 34.8 Å². The summed E-state index contributed by atoms with van der Waals surface area (Å²) in [5, 5.41) is 45.0. The summed E-state index contributed by atoms with van der Waals surface area (Å²) in [5.41, 5.74) is 0.819. The molecular weight excluding hydrogens is 767 g/mol. The predicted molar refractivity (Wildman–Crippen MR) is 139 cm³/mol. The Kier molecular flexibility index (Phi) is 9.89. The zero-order valence-corrected chi connectivity index (χ0v) is 23.6. The number of hydrogen-bond donors (Lipinski definition) is 6. The normalized spacial score (nSPS) is 25.2. The summed E-state index contributed by atoms with van der Waals surface area (Å²) in [6.07, 6.45) is -6.07. The van der Waals surface area contributed by atoms with Crippen LogP contribution >= 0.6 is 67.8 Å². The lowest BCUT2D eigenvalue weighted by Gasteiger charge is -2.40. The van der Waals surface area contributed by atoms with Crippen molar-refractivity contribution in [2.75, 3.05) is 23.9 Å². The van der Waals surface area contributed by atoms with E-state index in [-0.39, 0.29) is 17.4 Å². The quantitative estimate of drug-likeness (QED) is 0.227. The number of rotatable bonds is 5. The standard InChI is InChI=1S/C18H22I3N3O8/c1-5(26)22-12-9(19)8(10(20)14(11(12)21)24(3)6(2)27)17(30)23-13-16(29)15(28)7(4-25)32-18(13)31/h7,13,15-16,18,25,28-29,31H,4H2,1-3H3,(H,22,26)(H,23,30)/t7-,13+,15-,16-,18-/m1/s1. The molecule has 1 aromatic rings. The average Bonchev–Trinajstić information content (AvgIpc) is 2.70. The molecule has 0 saturated carbocycles. The molecule has 2 rings (SSSR count). The van der Waals surface area contributed by atoms with Crippen LogP contribution in [0.1, 0.15) is 24.2 Å². The third kappa shape index (κ3) is 5.63. The van der Waals surface area contributed by atoms with Crippen molar-refractivity contribution in [3.63, 3.8) is 0 Å². The second-order valence-electron chi connectivity index (χ2n) is 7.03. The van der Waals surface area contributed by atoms with Gasteiger partial charge in [-0.15, -0.1) is 0 Å². The number of hydrogen-bond acceptors (Lipinski definition) is 8. The van der Waals surface area contributed by atoms with Crippen molar-refractivity contribution in [3.05, 3.63) is 16.3 Å². The Labute approximate surface area is 224 Å². The molecule has 0 bridgehead atoms. The highest BCUT2D eigenvalue weighted by Gasteiger charge is 2.44. The molecule has 1 aliphatic heterocycles. The second-order valence-corrected chi connectivity index (χ2v) is 10.3. The molecule has 3 amide bonds. The molecule has 1 saturated heterocycles. The Morgan fingerprint density at radius 2 is 1.62 bits per heavy atom. The highest BCUT2D eigenvalue weighted by molar-refractivity contribution is 14.1. The fourth-order valence-corrected chi connectivity index (χ4v) is 7.71. The minimum absolute atomic E-state index is 0.0941. The number of benzene rings is 1. The first-order valence-corrected chi connectivity index (χ1v) is 12.4. The SMILES string of the molecule is CC(=O)Nc1c(I)c(C(=O)N[C@H]2[C@@H](O)[C@H](O)[C@@H](CO)O[C@H]2O)c(I)c(N(C)C(C)=O)c1I. The molecule has 14 heteroatoms. The number of halogens is 3. The maximum atomic E-state index is 13.2. The summed E-state index contributed by atoms with van der Waals surface area (Å²) < 4.78 is 6.40. The first-order chi connectivity index (χ1) is 14.8. The van der Waals surface area contributed by atoms with Crippen LogP contribution in [0.4, 0.5) is 11.4 Å². The summed E-state index contributed by atoms with van der Waals surface area (Å²) in [6.45, 7) is 2.03. The van der Waals surface area contributed by atoms with Crippen LogP contribution in [0.15, 0.2) is 0 Å². The third-order valence-corrected chi connectivity index (χ3v) is 8.01. The van der Waals surface area contributed by atoms with Crippen molar-refractivity contribution in [1.29, 1.82) is 0 Å². The van der Waals surface area contributed by atoms with Gasteiger partial charge < -0.3 is 40.7 Å². The Morgan fingerprint density at radius 3 is 2.12 bits per heavy atom. The zero-order chi connectivity index (χ0) is 24.5. The first-order valence-electron chi connectivity index (χ1n) is 9.17. The number of nitrogens with one attached hydrogen (secondary N) is 2. The van der Waals surface area contributed by atoms with Crippen molar-refractivity contribution < 1.29 is 39.5 Å². The van der Waals surface area contributed by atoms with Crippen molar-refractivity contribution in [2.24, 2.45) is 0 Å². The lowest BCUT2D eigenvalue weighted by molar-refractivity contribution is -0.252. The van der Waals surface area contributed by atoms with E-state index in [2.05, 4.69) is 10.6 Å². The molecule has 0 unspecified atom stereocenters. The van der Waals surface area contributed by atoms with E-state index in [0.717, 1.165) is 0 Å². The molecule has 0 radical (unpaired) electrons. The van der Waals surface area contributed by atoms with Crippen LogP contribution in [-0.2, 0) is 14.3 Å². The van der Waals surface area contributed by atoms with Gasteiger partial charge in [-0.1, -0.05) is 0 Å². The predicted octanol–water partition coefficient (Wildman–Crippen LogP) is -0.0288. The number of aliphatic hydroxyl groups is 4. The molecule has 6 N–H and O–H groups in total. The third-order valence-electron chi connectivity index (χ3n) is 4.83. The van der Waals surface area contributed by atoms with Gasteiger partial charge in [-0.3, -0.25) is 14.4 Å². The van der Waals surface area contributed by atoms with E-state index < -0.39 is 43.2 Å². The summed E-state index contributed by atoms with van der Waals surface area (Å²) in [6, 6.07) is -1.40. The fourth-order valence-electron chi connectivity index (χ4n) is 3.06. The van der Waals surface area contributed by atoms with Crippen molar-refractivity contribution in [3.8, 4) is 0 Å². The Morgan fingerprint density at radius 1 is 1.03 bits per heavy atom. The van der Waals surface area contributed by atoms with Crippen molar-refractivity contribution in [1.82, 2.24) is 5.32 Å². The van der Waals surface area contributed by atoms with E-state index in [1.54, 1.807) is 0 Å². The zero-order valence-electron chi connectivity index (χ0n) is 17.1. The van der Waals surface area contributed by atoms with Gasteiger partial charge in [-0.05, 0) is 67.8 Å². The summed E-state index contributed by atoms with van der Waals surface area (Å²) in [4.78, 5) is 38.4. The fraction of sp³-hybridized carbons (Fsp3) is 0.500. The molecule has 11 nitrogen and oxygen atoms in total. The van der Waals surface area contributed by atoms with Crippen molar-refractivity contribution in [2.45, 2.75) is 44.5 Å². The maximum absolute atomic E-state index is 13.2. The number of ether oxygens (including phenoxy) is 1. The molecule has 1 heterocycles. The van der Waals surface area contributed by atoms with E-state index in [4.69, 9.17) is 4.74 Å². The molecule has 0 aliphatic carbocycles. The molecule has 1 fully saturated rings. The molecule has 1 aromatic carbocycles. The Balaban J connectivity index is 2.56. The monoisotopic (exact) mass is 789 g/mol. The van der Waals surface area contributed by atoms with Crippen LogP contribution in [-0.4, -0.2) is 82.4 Å². The van der Waals surface area contributed by atoms with E-state index in [0.29, 0.717) is 22.1 Å². The lowest BCUT2D eigenvalue weighted by atomic mass is 9.96. The van der Waals surface area contributed by atoms with Gasteiger partial charge in [0.2, 0.25) is 11.8 Å². The van der Waals surface area contributed by atoms with Gasteiger partial charge in [0.15, 0.2) is 6.29 Å². The van der Waals surface area contributed by atoms with Gasteiger partial charge in [0, 0.05) is 20.9 Å². The lowest BCUT2D eigenvalue weighted by Crippen LogP contribution is -2.64. The van der Waals surface area contributed by atoms with Gasteiger partial charge in [-0.25, -0.2) is 0 Å². The molecule has 32 heavy (non-hydrogen) atoms. The Bertz CT molecular complexity index is 931. The number of carbonyl (C=O) groups is 3. The van der Waals surface area contributed by atoms with E-state index in [1.807, 2.05) is 67.8 Å². The number of carbonyl (C=O) groups excluding carboxylic acids is 3. The van der Waals surface area contributed by atoms with Gasteiger partial charge >= 0.3 is 0 Å². The minimum atomic E-state index is -1.69. The van der Waals surface area contributed by atoms with Crippen LogP contribution in [0.25, 0.3) is 0 Å². The van der Waals surface area contributed by atoms with Gasteiger partial charge in [0.25, 0.3) is 5.91 Å². The average molecular weight is 789 g/mol. The number of amides is 3. The van der Waals surface area contributed by atoms with Gasteiger partial charge in [0.1, 0.15) is 24.4 Å². The number of nitrogens with zero attached hydrogens (tertiary/aromatic N) is 1. The largest absolute Gasteiger partial charge is 0.394 e. The van der Waals surface area contributed by atoms with E-state index in [1.165, 1.54) is 25.8 Å². The smallest absolute Gasteiger partial charge is 0.254 e. The van der Waals surface area contributed by atoms with Crippen molar-refractivity contribution >= 4 is 96.9 Å². The molecule has 1 aliphatic rings. The van der Waals surface area contributed by atoms with Crippen LogP contribution in [0.2, 0.25) is 0 Å². The number of aliphatic hydroxyl groups excluding tert-OH is 4. The van der Waals surface area contributed by atoms with Gasteiger partial charge in [0.05, 0.1) is 34.3 Å². The summed E-state index contributed by atoms with van der Waals surface area (Å²) in [5.74, 6) is -1.41. The first kappa shape index (κ1) is 27.9. The van der Waals surface area contributed by atoms with Gasteiger partial charge in [-0.2, -0.15) is 0 Å². The molecule has 0 aromatic heterocycles. The summed E-state index contributed by atoms with van der Waals surface area (Å²) >= 11 is 5.78. The highest BCUT2D eigenvalue weighted by atomic mass is 127. The number of anilines is 2. The van der Waals surface area contributed by atoms with Crippen LogP contribution in [0, 0.1) is 10.7 Å². The molecular formula is C18H22I3N3O8. The molecule has 178 valence electrons. The molecule has 0 spiro atoms. The minimum Gasteiger partial charge on any atom is -0.394 e. The molecule has 5 atom stereocenters.